The first-order valence-electron chi connectivity index (χ1n) is 5.00. The molecule has 5 nitrogen and oxygen atoms in total. The van der Waals surface area contributed by atoms with Gasteiger partial charge in [0.1, 0.15) is 0 Å². The molecule has 2 aromatic carbocycles. The molecular formula is C12H9NNa2O4S. The number of nitrogen functional groups attached to an aromatic ring is 1. The maximum atomic E-state index is 12.1. The predicted octanol–water partition coefficient (Wildman–Crippen LogP) is -5.74. The van der Waals surface area contributed by atoms with Crippen molar-refractivity contribution in [2.45, 2.75) is 9.79 Å². The third-order valence-electron chi connectivity index (χ3n) is 2.40. The van der Waals surface area contributed by atoms with Crippen LogP contribution in [0, 0.1) is 0 Å². The largest absolute Gasteiger partial charge is 1.00 e. The van der Waals surface area contributed by atoms with Gasteiger partial charge in [0.15, 0.2) is 0 Å². The minimum atomic E-state index is -3.91. The second-order valence-electron chi connectivity index (χ2n) is 3.68. The molecule has 0 aliphatic rings. The molecule has 0 aliphatic heterocycles. The molecule has 2 rings (SSSR count). The zero-order chi connectivity index (χ0) is 13.3. The van der Waals surface area contributed by atoms with Gasteiger partial charge in [-0.1, -0.05) is 17.9 Å². The molecular weight excluding hydrogens is 300 g/mol. The summed E-state index contributed by atoms with van der Waals surface area (Å²) in [6, 6.07) is 8.31. The Morgan fingerprint density at radius 3 is 1.95 bits per heavy atom. The third kappa shape index (κ3) is 4.14. The number of anilines is 1. The molecule has 8 heteroatoms. The molecule has 0 heterocycles. The van der Waals surface area contributed by atoms with Crippen molar-refractivity contribution in [2.24, 2.45) is 0 Å². The summed E-state index contributed by atoms with van der Waals surface area (Å²) in [5.41, 5.74) is 5.88. The van der Waals surface area contributed by atoms with E-state index in [1.807, 2.05) is 0 Å². The van der Waals surface area contributed by atoms with E-state index in [9.17, 15) is 18.6 Å². The van der Waals surface area contributed by atoms with Crippen LogP contribution in [0.5, 0.6) is 11.5 Å². The van der Waals surface area contributed by atoms with E-state index >= 15 is 0 Å². The summed E-state index contributed by atoms with van der Waals surface area (Å²) < 4.78 is 24.3. The van der Waals surface area contributed by atoms with Gasteiger partial charge < -0.3 is 15.9 Å². The van der Waals surface area contributed by atoms with Crippen LogP contribution in [-0.2, 0) is 9.84 Å². The predicted molar refractivity (Wildman–Crippen MR) is 61.6 cm³/mol. The van der Waals surface area contributed by atoms with E-state index in [0.29, 0.717) is 5.69 Å². The second kappa shape index (κ2) is 7.70. The Bertz CT molecular complexity index is 687. The summed E-state index contributed by atoms with van der Waals surface area (Å²) >= 11 is 0. The van der Waals surface area contributed by atoms with Crippen molar-refractivity contribution in [3.63, 3.8) is 0 Å². The van der Waals surface area contributed by atoms with Crippen LogP contribution >= 0.6 is 0 Å². The topological polar surface area (TPSA) is 106 Å². The second-order valence-corrected chi connectivity index (χ2v) is 5.60. The van der Waals surface area contributed by atoms with E-state index in [4.69, 9.17) is 5.73 Å². The monoisotopic (exact) mass is 309 g/mol. The minimum absolute atomic E-state index is 0. The van der Waals surface area contributed by atoms with E-state index in [-0.39, 0.29) is 64.0 Å². The molecule has 0 saturated heterocycles. The van der Waals surface area contributed by atoms with E-state index in [1.165, 1.54) is 24.3 Å². The summed E-state index contributed by atoms with van der Waals surface area (Å²) in [5, 5.41) is 22.5. The molecule has 0 saturated carbocycles. The smallest absolute Gasteiger partial charge is 0.872 e. The molecule has 20 heavy (non-hydrogen) atoms. The summed E-state index contributed by atoms with van der Waals surface area (Å²) in [7, 11) is -3.91. The first kappa shape index (κ1) is 19.8. The van der Waals surface area contributed by atoms with Crippen LogP contribution < -0.4 is 75.1 Å². The number of nitrogens with two attached hydrogens (primary N) is 1. The van der Waals surface area contributed by atoms with Gasteiger partial charge in [0.25, 0.3) is 0 Å². The molecule has 0 aliphatic carbocycles. The van der Waals surface area contributed by atoms with E-state index in [2.05, 4.69) is 0 Å². The van der Waals surface area contributed by atoms with Gasteiger partial charge >= 0.3 is 59.1 Å². The Morgan fingerprint density at radius 1 is 0.900 bits per heavy atom. The van der Waals surface area contributed by atoms with Gasteiger partial charge in [-0.15, -0.1) is 5.75 Å². The first-order valence-corrected chi connectivity index (χ1v) is 6.48. The molecule has 2 aromatic rings. The zero-order valence-electron chi connectivity index (χ0n) is 11.2. The number of benzene rings is 2. The SMILES string of the molecule is Nc1ccc(S(=O)(=O)c2ccc([O-])cc2[O-])cc1.[Na+].[Na+]. The van der Waals surface area contributed by atoms with Crippen molar-refractivity contribution < 1.29 is 77.7 Å². The minimum Gasteiger partial charge on any atom is -0.872 e. The molecule has 94 valence electrons. The Balaban J connectivity index is 0.00000180. The molecule has 0 unspecified atom stereocenters. The molecule has 0 radical (unpaired) electrons. The summed E-state index contributed by atoms with van der Waals surface area (Å²) in [5.74, 6) is -1.32. The van der Waals surface area contributed by atoms with Crippen molar-refractivity contribution >= 4 is 15.5 Å². The summed E-state index contributed by atoms with van der Waals surface area (Å²) in [4.78, 5) is -0.445. The van der Waals surface area contributed by atoms with Gasteiger partial charge in [-0.05, 0) is 30.3 Å². The molecule has 0 amide bonds. The van der Waals surface area contributed by atoms with Gasteiger partial charge in [0, 0.05) is 5.69 Å². The fraction of sp³-hybridized carbons (Fsp3) is 0. The third-order valence-corrected chi connectivity index (χ3v) is 4.20. The normalized spacial score (nSPS) is 10.2. The van der Waals surface area contributed by atoms with Gasteiger partial charge in [0.2, 0.25) is 9.84 Å². The van der Waals surface area contributed by atoms with Gasteiger partial charge in [-0.2, -0.15) is 0 Å². The summed E-state index contributed by atoms with van der Waals surface area (Å²) in [6.45, 7) is 0. The molecule has 0 aromatic heterocycles. The van der Waals surface area contributed by atoms with Crippen molar-refractivity contribution in [2.75, 3.05) is 5.73 Å². The van der Waals surface area contributed by atoms with Crippen molar-refractivity contribution in [1.82, 2.24) is 0 Å². The number of hydrogen-bond acceptors (Lipinski definition) is 5. The summed E-state index contributed by atoms with van der Waals surface area (Å²) in [6.07, 6.45) is 0. The Kier molecular flexibility index (Phi) is 7.62. The standard InChI is InChI=1S/C12H11NO4S.2Na/c13-8-1-4-10(5-2-8)18(16,17)12-6-3-9(14)7-11(12)15;;/h1-7,14-15H,13H2;;/q;2*+1/p-2. The quantitative estimate of drug-likeness (QED) is 0.439. The van der Waals surface area contributed by atoms with Crippen molar-refractivity contribution in [3.05, 3.63) is 42.5 Å². The maximum absolute atomic E-state index is 12.1. The average molecular weight is 309 g/mol. The molecule has 0 fully saturated rings. The van der Waals surface area contributed by atoms with Crippen molar-refractivity contribution in [1.29, 1.82) is 0 Å². The van der Waals surface area contributed by atoms with Crippen LogP contribution in [0.15, 0.2) is 52.3 Å². The van der Waals surface area contributed by atoms with Crippen LogP contribution in [0.1, 0.15) is 0 Å². The Labute approximate surface area is 161 Å². The average Bonchev–Trinajstić information content (AvgIpc) is 2.29. The van der Waals surface area contributed by atoms with E-state index in [1.54, 1.807) is 0 Å². The van der Waals surface area contributed by atoms with Crippen molar-refractivity contribution in [3.8, 4) is 11.5 Å². The maximum Gasteiger partial charge on any atom is 1.00 e. The van der Waals surface area contributed by atoms with Crippen LogP contribution in [-0.4, -0.2) is 8.42 Å². The number of rotatable bonds is 2. The Morgan fingerprint density at radius 2 is 1.45 bits per heavy atom. The van der Waals surface area contributed by atoms with E-state index < -0.39 is 26.2 Å². The molecule has 2 N–H and O–H groups in total. The fourth-order valence-electron chi connectivity index (χ4n) is 1.48. The van der Waals surface area contributed by atoms with Crippen LogP contribution in [0.25, 0.3) is 0 Å². The van der Waals surface area contributed by atoms with Crippen LogP contribution in [0.4, 0.5) is 5.69 Å². The number of sulfone groups is 1. The Hall–Kier alpha value is -0.210. The molecule has 0 spiro atoms. The first-order chi connectivity index (χ1) is 8.41. The van der Waals surface area contributed by atoms with Gasteiger partial charge in [0.05, 0.1) is 9.79 Å². The van der Waals surface area contributed by atoms with E-state index in [0.717, 1.165) is 18.2 Å². The molecule has 0 atom stereocenters. The zero-order valence-corrected chi connectivity index (χ0v) is 16.0. The molecule has 0 bridgehead atoms. The van der Waals surface area contributed by atoms with Gasteiger partial charge in [-0.3, -0.25) is 0 Å². The fourth-order valence-corrected chi connectivity index (χ4v) is 2.80. The van der Waals surface area contributed by atoms with Crippen LogP contribution in [0.2, 0.25) is 0 Å². The van der Waals surface area contributed by atoms with Gasteiger partial charge in [-0.25, -0.2) is 8.42 Å². The number of hydrogen-bond donors (Lipinski definition) is 1. The van der Waals surface area contributed by atoms with Crippen LogP contribution in [0.3, 0.4) is 0 Å².